The van der Waals surface area contributed by atoms with Crippen molar-refractivity contribution in [1.29, 1.82) is 21.2 Å². The highest BCUT2D eigenvalue weighted by Gasteiger charge is 2.55. The number of nitrogens with zero attached hydrogens (tertiary/aromatic N) is 3. The molecule has 3 rings (SSSR count). The molecule has 0 aromatic carbocycles. The number of likely N-dealkylation sites (tertiary alicyclic amines) is 1. The molecule has 3 atom stereocenters. The third-order valence-corrected chi connectivity index (χ3v) is 6.72. The summed E-state index contributed by atoms with van der Waals surface area (Å²) in [5.41, 5.74) is 1.47. The largest absolute Gasteiger partial charge is 0.335 e. The van der Waals surface area contributed by atoms with Crippen molar-refractivity contribution in [3.8, 4) is 18.2 Å². The highest BCUT2D eigenvalue weighted by molar-refractivity contribution is 6.03. The fourth-order valence-corrected chi connectivity index (χ4v) is 4.99. The third-order valence-electron chi connectivity index (χ3n) is 6.72. The number of fused-ring (bicyclic) bond motifs is 1. The summed E-state index contributed by atoms with van der Waals surface area (Å²) in [6, 6.07) is 6.51. The van der Waals surface area contributed by atoms with Gasteiger partial charge in [-0.2, -0.15) is 15.8 Å². The second-order valence-corrected chi connectivity index (χ2v) is 7.84. The van der Waals surface area contributed by atoms with Crippen LogP contribution < -0.4 is 9.80 Å². The van der Waals surface area contributed by atoms with E-state index in [4.69, 9.17) is 5.41 Å². The number of hydrogen-bond donors (Lipinski definition) is 3. The van der Waals surface area contributed by atoms with E-state index in [9.17, 15) is 15.8 Å². The average Bonchev–Trinajstić information content (AvgIpc) is 2.73. The van der Waals surface area contributed by atoms with Crippen LogP contribution in [-0.4, -0.2) is 45.0 Å². The first-order valence-electron chi connectivity index (χ1n) is 9.96. The van der Waals surface area contributed by atoms with Crippen LogP contribution in [-0.2, 0) is 0 Å². The molecule has 0 radical (unpaired) electrons. The van der Waals surface area contributed by atoms with Gasteiger partial charge in [0.15, 0.2) is 0 Å². The Morgan fingerprint density at radius 2 is 1.74 bits per heavy atom. The van der Waals surface area contributed by atoms with Gasteiger partial charge in [-0.1, -0.05) is 5.57 Å². The molecular weight excluding hydrogens is 336 g/mol. The Labute approximate surface area is 161 Å². The van der Waals surface area contributed by atoms with Crippen molar-refractivity contribution in [2.45, 2.75) is 26.7 Å². The fourth-order valence-electron chi connectivity index (χ4n) is 4.99. The van der Waals surface area contributed by atoms with E-state index in [1.165, 1.54) is 10.5 Å². The Bertz CT molecular complexity index is 791. The lowest BCUT2D eigenvalue weighted by molar-refractivity contribution is -0.901. The summed E-state index contributed by atoms with van der Waals surface area (Å²) in [7, 11) is 0. The Morgan fingerprint density at radius 1 is 1.11 bits per heavy atom. The van der Waals surface area contributed by atoms with Crippen LogP contribution in [0.2, 0.25) is 0 Å². The van der Waals surface area contributed by atoms with Crippen molar-refractivity contribution >= 4 is 5.71 Å². The molecule has 140 valence electrons. The minimum Gasteiger partial charge on any atom is -0.335 e. The maximum absolute atomic E-state index is 9.92. The lowest BCUT2D eigenvalue weighted by Gasteiger charge is -2.44. The first kappa shape index (κ1) is 19.3. The van der Waals surface area contributed by atoms with Crippen LogP contribution in [0.25, 0.3) is 0 Å². The molecule has 0 bridgehead atoms. The minimum absolute atomic E-state index is 0.0368. The second kappa shape index (κ2) is 7.65. The first-order chi connectivity index (χ1) is 13.1. The molecule has 3 aliphatic rings. The van der Waals surface area contributed by atoms with Gasteiger partial charge >= 0.3 is 0 Å². The SMILES string of the molecule is CC[NH+]1CCC(=C2C(C#N)C(=N)C(C#N)(C#N)C3=CC[NH+](CC)C[C@H]32)CC1. The lowest BCUT2D eigenvalue weighted by atomic mass is 9.58. The molecule has 2 unspecified atom stereocenters. The summed E-state index contributed by atoms with van der Waals surface area (Å²) in [5.74, 6) is -0.814. The fraction of sp³-hybridized carbons (Fsp3) is 0.619. The third kappa shape index (κ3) is 2.98. The lowest BCUT2D eigenvalue weighted by Crippen LogP contribution is -3.13. The van der Waals surface area contributed by atoms with Crippen molar-refractivity contribution in [2.24, 2.45) is 17.3 Å². The predicted molar refractivity (Wildman–Crippen MR) is 101 cm³/mol. The molecule has 0 spiro atoms. The van der Waals surface area contributed by atoms with Crippen molar-refractivity contribution < 1.29 is 9.80 Å². The Kier molecular flexibility index (Phi) is 5.47. The van der Waals surface area contributed by atoms with Gasteiger partial charge in [-0.15, -0.1) is 0 Å². The van der Waals surface area contributed by atoms with Crippen LogP contribution >= 0.6 is 0 Å². The van der Waals surface area contributed by atoms with Crippen molar-refractivity contribution in [2.75, 3.05) is 39.3 Å². The number of nitriles is 3. The molecule has 2 heterocycles. The zero-order valence-electron chi connectivity index (χ0n) is 16.2. The topological polar surface area (TPSA) is 104 Å². The standard InChI is InChI=1S/C21H26N6/c1-3-26-8-5-15(6-9-26)19-16(11-22)20(25)21(13-23,14-24)18-7-10-27(4-2)12-17(18)19/h7,16-17,25H,3-6,8-10,12H2,1-2H3/p+2/t16?,17-/m1/s1. The smallest absolute Gasteiger partial charge is 0.204 e. The van der Waals surface area contributed by atoms with E-state index < -0.39 is 11.3 Å². The van der Waals surface area contributed by atoms with Gasteiger partial charge < -0.3 is 15.2 Å². The summed E-state index contributed by atoms with van der Waals surface area (Å²) in [6.07, 6.45) is 3.90. The molecule has 1 saturated carbocycles. The molecule has 3 N–H and O–H groups in total. The highest BCUT2D eigenvalue weighted by Crippen LogP contribution is 2.48. The Morgan fingerprint density at radius 3 is 2.26 bits per heavy atom. The van der Waals surface area contributed by atoms with Gasteiger partial charge in [-0.25, -0.2) is 0 Å². The molecule has 27 heavy (non-hydrogen) atoms. The molecule has 0 aromatic heterocycles. The summed E-state index contributed by atoms with van der Waals surface area (Å²) < 4.78 is 0. The van der Waals surface area contributed by atoms with Crippen molar-refractivity contribution in [3.63, 3.8) is 0 Å². The summed E-state index contributed by atoms with van der Waals surface area (Å²) in [5, 5.41) is 38.3. The maximum Gasteiger partial charge on any atom is 0.204 e. The predicted octanol–water partition coefficient (Wildman–Crippen LogP) is -0.351. The van der Waals surface area contributed by atoms with Gasteiger partial charge in [0, 0.05) is 12.8 Å². The van der Waals surface area contributed by atoms with Gasteiger partial charge in [0.05, 0.1) is 69.1 Å². The van der Waals surface area contributed by atoms with Crippen LogP contribution in [0.3, 0.4) is 0 Å². The molecule has 2 aliphatic heterocycles. The van der Waals surface area contributed by atoms with E-state index >= 15 is 0 Å². The molecule has 6 nitrogen and oxygen atoms in total. The van der Waals surface area contributed by atoms with E-state index in [0.29, 0.717) is 0 Å². The van der Waals surface area contributed by atoms with E-state index in [1.54, 1.807) is 4.90 Å². The highest BCUT2D eigenvalue weighted by atomic mass is 15.1. The molecule has 0 amide bonds. The van der Waals surface area contributed by atoms with Crippen LogP contribution in [0.5, 0.6) is 0 Å². The van der Waals surface area contributed by atoms with E-state index in [0.717, 1.165) is 63.3 Å². The number of likely N-dealkylation sites (N-methyl/N-ethyl adjacent to an activating group) is 1. The van der Waals surface area contributed by atoms with Gasteiger partial charge in [-0.3, -0.25) is 0 Å². The Balaban J connectivity index is 2.14. The number of rotatable bonds is 2. The number of quaternary nitrogens is 2. The molecule has 1 saturated heterocycles. The molecule has 0 aromatic rings. The molecule has 2 fully saturated rings. The summed E-state index contributed by atoms with van der Waals surface area (Å²) in [4.78, 5) is 2.97. The van der Waals surface area contributed by atoms with Crippen LogP contribution in [0, 0.1) is 56.7 Å². The van der Waals surface area contributed by atoms with Crippen molar-refractivity contribution in [3.05, 3.63) is 22.8 Å². The molecule has 6 heteroatoms. The van der Waals surface area contributed by atoms with E-state index in [2.05, 4.69) is 32.1 Å². The van der Waals surface area contributed by atoms with Crippen LogP contribution in [0.4, 0.5) is 0 Å². The van der Waals surface area contributed by atoms with Gasteiger partial charge in [0.25, 0.3) is 0 Å². The monoisotopic (exact) mass is 364 g/mol. The minimum atomic E-state index is -1.58. The van der Waals surface area contributed by atoms with Gasteiger partial charge in [0.1, 0.15) is 5.92 Å². The maximum atomic E-state index is 9.92. The van der Waals surface area contributed by atoms with Crippen molar-refractivity contribution in [1.82, 2.24) is 0 Å². The normalized spacial score (nSPS) is 32.6. The average molecular weight is 364 g/mol. The van der Waals surface area contributed by atoms with E-state index in [-0.39, 0.29) is 11.6 Å². The molecular formula is C21H28N6+2. The molecule has 1 aliphatic carbocycles. The second-order valence-electron chi connectivity index (χ2n) is 7.84. The van der Waals surface area contributed by atoms with Gasteiger partial charge in [0.2, 0.25) is 5.41 Å². The summed E-state index contributed by atoms with van der Waals surface area (Å²) >= 11 is 0. The first-order valence-corrected chi connectivity index (χ1v) is 9.96. The number of nitrogens with one attached hydrogen (secondary N) is 3. The number of piperidine rings is 1. The summed E-state index contributed by atoms with van der Waals surface area (Å²) in [6.45, 7) is 10.1. The number of hydrogen-bond acceptors (Lipinski definition) is 4. The van der Waals surface area contributed by atoms with E-state index in [1.807, 2.05) is 6.08 Å². The van der Waals surface area contributed by atoms with Crippen LogP contribution in [0.1, 0.15) is 26.7 Å². The quantitative estimate of drug-likeness (QED) is 0.583. The van der Waals surface area contributed by atoms with Crippen LogP contribution in [0.15, 0.2) is 22.8 Å². The Hall–Kier alpha value is -2.46. The van der Waals surface area contributed by atoms with Gasteiger partial charge in [-0.05, 0) is 31.1 Å². The zero-order valence-corrected chi connectivity index (χ0v) is 16.2. The zero-order chi connectivity index (χ0) is 19.6.